The van der Waals surface area contributed by atoms with Gasteiger partial charge in [-0.05, 0) is 29.6 Å². The molecule has 1 saturated heterocycles. The Hall–Kier alpha value is 0.430. The highest BCUT2D eigenvalue weighted by atomic mass is 31.1. The Morgan fingerprint density at radius 1 is 1.12 bits per heavy atom. The largest absolute Gasteiger partial charge is 0.121 e. The van der Waals surface area contributed by atoms with Crippen molar-refractivity contribution in [3.63, 3.8) is 0 Å². The minimum atomic E-state index is 0.811. The predicted molar refractivity (Wildman–Crippen MR) is 38.9 cm³/mol. The first-order chi connectivity index (χ1) is 3.66. The molecule has 46 valence electrons. The van der Waals surface area contributed by atoms with Crippen molar-refractivity contribution in [2.24, 2.45) is 10.8 Å². The molecule has 0 spiro atoms. The van der Waals surface area contributed by atoms with E-state index < -0.39 is 0 Å². The maximum Gasteiger partial charge on any atom is -0.0226 e. The van der Waals surface area contributed by atoms with Crippen LogP contribution >= 0.6 is 8.58 Å². The van der Waals surface area contributed by atoms with Crippen LogP contribution in [0.2, 0.25) is 0 Å². The minimum absolute atomic E-state index is 0.811. The molecule has 0 nitrogen and oxygen atoms in total. The molecular formula is C7H13P. The van der Waals surface area contributed by atoms with Crippen LogP contribution in [0.4, 0.5) is 0 Å². The van der Waals surface area contributed by atoms with E-state index >= 15 is 0 Å². The molecule has 2 rings (SSSR count). The topological polar surface area (TPSA) is 0 Å². The van der Waals surface area contributed by atoms with Crippen molar-refractivity contribution in [3.05, 3.63) is 0 Å². The van der Waals surface area contributed by atoms with Crippen molar-refractivity contribution in [1.29, 1.82) is 0 Å². The zero-order valence-electron chi connectivity index (χ0n) is 5.62. The van der Waals surface area contributed by atoms with Crippen molar-refractivity contribution in [2.45, 2.75) is 20.3 Å². The van der Waals surface area contributed by atoms with Crippen molar-refractivity contribution >= 4 is 8.58 Å². The molecule has 2 atom stereocenters. The van der Waals surface area contributed by atoms with Crippen molar-refractivity contribution in [3.8, 4) is 0 Å². The molecule has 2 fully saturated rings. The summed E-state index contributed by atoms with van der Waals surface area (Å²) in [6, 6.07) is 0. The fourth-order valence-electron chi connectivity index (χ4n) is 1.98. The van der Waals surface area contributed by atoms with Gasteiger partial charge < -0.3 is 0 Å². The van der Waals surface area contributed by atoms with E-state index in [0.717, 1.165) is 10.8 Å². The zero-order chi connectivity index (χ0) is 5.83. The van der Waals surface area contributed by atoms with Crippen LogP contribution in [-0.2, 0) is 0 Å². The quantitative estimate of drug-likeness (QED) is 0.438. The molecular weight excluding hydrogens is 115 g/mol. The van der Waals surface area contributed by atoms with Crippen molar-refractivity contribution < 1.29 is 0 Å². The predicted octanol–water partition coefficient (Wildman–Crippen LogP) is 2.09. The van der Waals surface area contributed by atoms with E-state index in [1.807, 2.05) is 0 Å². The highest BCUT2D eigenvalue weighted by Gasteiger charge is 2.63. The second-order valence-corrected chi connectivity index (χ2v) is 5.11. The van der Waals surface area contributed by atoms with Crippen LogP contribution in [0, 0.1) is 10.8 Å². The molecule has 1 heteroatoms. The SMILES string of the molecule is CC12CPCC1(C)C2. The summed E-state index contributed by atoms with van der Waals surface area (Å²) >= 11 is 0. The number of hydrogen-bond acceptors (Lipinski definition) is 0. The fraction of sp³-hybridized carbons (Fsp3) is 1.00. The Morgan fingerprint density at radius 3 is 1.75 bits per heavy atom. The lowest BCUT2D eigenvalue weighted by Gasteiger charge is -2.03. The normalized spacial score (nSPS) is 63.8. The van der Waals surface area contributed by atoms with Gasteiger partial charge in [-0.25, -0.2) is 0 Å². The minimum Gasteiger partial charge on any atom is -0.121 e. The van der Waals surface area contributed by atoms with Gasteiger partial charge in [-0.1, -0.05) is 13.8 Å². The van der Waals surface area contributed by atoms with E-state index in [-0.39, 0.29) is 0 Å². The molecule has 1 aliphatic carbocycles. The van der Waals surface area contributed by atoms with E-state index in [4.69, 9.17) is 0 Å². The van der Waals surface area contributed by atoms with Gasteiger partial charge in [0.15, 0.2) is 0 Å². The molecule has 0 amide bonds. The summed E-state index contributed by atoms with van der Waals surface area (Å²) < 4.78 is 0. The Balaban J connectivity index is 2.26. The third kappa shape index (κ3) is 0.413. The second kappa shape index (κ2) is 1.14. The highest BCUT2D eigenvalue weighted by Crippen LogP contribution is 2.72. The Bertz CT molecular complexity index is 110. The first kappa shape index (κ1) is 5.23. The highest BCUT2D eigenvalue weighted by molar-refractivity contribution is 7.38. The molecule has 1 aliphatic heterocycles. The summed E-state index contributed by atoms with van der Waals surface area (Å²) in [5.41, 5.74) is 1.62. The van der Waals surface area contributed by atoms with Gasteiger partial charge in [0.1, 0.15) is 0 Å². The first-order valence-electron chi connectivity index (χ1n) is 3.37. The number of hydrogen-bond donors (Lipinski definition) is 0. The van der Waals surface area contributed by atoms with Gasteiger partial charge in [0.25, 0.3) is 0 Å². The molecule has 0 aromatic rings. The number of fused-ring (bicyclic) bond motifs is 1. The molecule has 0 aromatic carbocycles. The summed E-state index contributed by atoms with van der Waals surface area (Å²) in [4.78, 5) is 0. The summed E-state index contributed by atoms with van der Waals surface area (Å²) in [6.45, 7) is 4.90. The van der Waals surface area contributed by atoms with Gasteiger partial charge in [0, 0.05) is 0 Å². The third-order valence-corrected chi connectivity index (χ3v) is 5.20. The molecule has 0 aromatic heterocycles. The summed E-state index contributed by atoms with van der Waals surface area (Å²) in [7, 11) is 1.28. The molecule has 8 heavy (non-hydrogen) atoms. The Labute approximate surface area is 52.8 Å². The lowest BCUT2D eigenvalue weighted by atomic mass is 10.0. The third-order valence-electron chi connectivity index (χ3n) is 3.14. The standard InChI is InChI=1S/C7H13P/c1-6-3-7(6,2)5-8-4-6/h8H,3-5H2,1-2H3. The molecule has 0 bridgehead atoms. The average Bonchev–Trinajstić information content (AvgIpc) is 2.00. The van der Waals surface area contributed by atoms with Gasteiger partial charge >= 0.3 is 0 Å². The maximum atomic E-state index is 2.45. The van der Waals surface area contributed by atoms with Gasteiger partial charge in [0.05, 0.1) is 0 Å². The van der Waals surface area contributed by atoms with Gasteiger partial charge in [-0.2, -0.15) is 0 Å². The second-order valence-electron chi connectivity index (χ2n) is 3.90. The van der Waals surface area contributed by atoms with Crippen LogP contribution in [0.25, 0.3) is 0 Å². The molecule has 0 N–H and O–H groups in total. The molecule has 1 saturated carbocycles. The van der Waals surface area contributed by atoms with E-state index in [1.165, 1.54) is 27.3 Å². The molecule has 2 aliphatic rings. The van der Waals surface area contributed by atoms with Crippen LogP contribution in [0.1, 0.15) is 20.3 Å². The summed E-state index contributed by atoms with van der Waals surface area (Å²) in [6.07, 6.45) is 4.58. The fourth-order valence-corrected chi connectivity index (χ4v) is 4.32. The maximum absolute atomic E-state index is 2.45. The van der Waals surface area contributed by atoms with Gasteiger partial charge in [0.2, 0.25) is 0 Å². The van der Waals surface area contributed by atoms with Crippen LogP contribution in [0.15, 0.2) is 0 Å². The Morgan fingerprint density at radius 2 is 1.62 bits per heavy atom. The smallest absolute Gasteiger partial charge is 0.0226 e. The van der Waals surface area contributed by atoms with E-state index in [0.29, 0.717) is 0 Å². The summed E-state index contributed by atoms with van der Waals surface area (Å²) in [5, 5.41) is 0. The zero-order valence-corrected chi connectivity index (χ0v) is 6.62. The van der Waals surface area contributed by atoms with Crippen molar-refractivity contribution in [2.75, 3.05) is 12.3 Å². The van der Waals surface area contributed by atoms with E-state index in [1.54, 1.807) is 0 Å². The Kier molecular flexibility index (Phi) is 0.744. The van der Waals surface area contributed by atoms with Crippen molar-refractivity contribution in [1.82, 2.24) is 0 Å². The molecule has 1 heterocycles. The first-order valence-corrected chi connectivity index (χ1v) is 4.79. The van der Waals surface area contributed by atoms with Gasteiger partial charge in [-0.15, -0.1) is 8.58 Å². The van der Waals surface area contributed by atoms with Crippen LogP contribution in [0.5, 0.6) is 0 Å². The van der Waals surface area contributed by atoms with E-state index in [9.17, 15) is 0 Å². The number of rotatable bonds is 0. The van der Waals surface area contributed by atoms with Crippen LogP contribution in [-0.4, -0.2) is 12.3 Å². The lowest BCUT2D eigenvalue weighted by Crippen LogP contribution is -2.01. The lowest BCUT2D eigenvalue weighted by molar-refractivity contribution is 0.494. The van der Waals surface area contributed by atoms with E-state index in [2.05, 4.69) is 13.8 Å². The van der Waals surface area contributed by atoms with Crippen LogP contribution in [0.3, 0.4) is 0 Å². The van der Waals surface area contributed by atoms with Gasteiger partial charge in [-0.3, -0.25) is 0 Å². The molecule has 2 unspecified atom stereocenters. The van der Waals surface area contributed by atoms with Crippen LogP contribution < -0.4 is 0 Å². The average molecular weight is 128 g/mol. The summed E-state index contributed by atoms with van der Waals surface area (Å²) in [5.74, 6) is 0. The monoisotopic (exact) mass is 128 g/mol. The molecule has 0 radical (unpaired) electrons.